The molecule has 3 atom stereocenters. The third-order valence-corrected chi connectivity index (χ3v) is 3.47. The second-order valence-corrected chi connectivity index (χ2v) is 4.19. The minimum atomic E-state index is -1.83. The van der Waals surface area contributed by atoms with Crippen molar-refractivity contribution >= 4 is 11.1 Å². The average Bonchev–Trinajstić information content (AvgIpc) is 1.88. The average molecular weight is 161 g/mol. The van der Waals surface area contributed by atoms with Crippen molar-refractivity contribution in [3.8, 4) is 0 Å². The lowest BCUT2D eigenvalue weighted by molar-refractivity contribution is 0.373. The Morgan fingerprint density at radius 3 is 2.40 bits per heavy atom. The van der Waals surface area contributed by atoms with Crippen LogP contribution in [0.15, 0.2) is 0 Å². The fraction of sp³-hybridized carbons (Fsp3) is 1.00. The Morgan fingerprint density at radius 2 is 2.00 bits per heavy atom. The Morgan fingerprint density at radius 1 is 1.40 bits per heavy atom. The van der Waals surface area contributed by atoms with E-state index in [9.17, 15) is 8.76 Å². The summed E-state index contributed by atoms with van der Waals surface area (Å²) < 4.78 is 21.1. The van der Waals surface area contributed by atoms with Gasteiger partial charge in [0.05, 0.1) is 0 Å². The third-order valence-electron chi connectivity index (χ3n) is 2.28. The summed E-state index contributed by atoms with van der Waals surface area (Å²) in [6.45, 7) is 2.03. The molecule has 0 saturated heterocycles. The standard InChI is InChI=1S/C7H14O2S/c1-6-4-2-3-5-7(6)10(8)9/h6-7H,2-5H2,1H3,(H,8,9)/p-1. The van der Waals surface area contributed by atoms with Crippen LogP contribution in [0.5, 0.6) is 0 Å². The monoisotopic (exact) mass is 161 g/mol. The first-order valence-corrected chi connectivity index (χ1v) is 4.93. The zero-order valence-electron chi connectivity index (χ0n) is 6.21. The summed E-state index contributed by atoms with van der Waals surface area (Å²) in [7, 11) is 0. The summed E-state index contributed by atoms with van der Waals surface area (Å²) in [4.78, 5) is 0. The normalized spacial score (nSPS) is 37.4. The quantitative estimate of drug-likeness (QED) is 0.546. The molecule has 0 radical (unpaired) electrons. The van der Waals surface area contributed by atoms with E-state index in [-0.39, 0.29) is 5.25 Å². The van der Waals surface area contributed by atoms with E-state index in [4.69, 9.17) is 0 Å². The predicted molar refractivity (Wildman–Crippen MR) is 40.3 cm³/mol. The number of rotatable bonds is 1. The SMILES string of the molecule is CC1CCCCC1S(=O)[O-]. The van der Waals surface area contributed by atoms with Crippen LogP contribution in [0.1, 0.15) is 32.6 Å². The molecule has 0 aromatic carbocycles. The highest BCUT2D eigenvalue weighted by atomic mass is 32.2. The van der Waals surface area contributed by atoms with Crippen molar-refractivity contribution in [1.82, 2.24) is 0 Å². The van der Waals surface area contributed by atoms with Crippen LogP contribution in [0.4, 0.5) is 0 Å². The van der Waals surface area contributed by atoms with E-state index in [0.29, 0.717) is 5.92 Å². The first kappa shape index (κ1) is 8.21. The molecule has 0 aliphatic heterocycles. The van der Waals surface area contributed by atoms with Crippen molar-refractivity contribution in [1.29, 1.82) is 0 Å². The molecule has 0 spiro atoms. The van der Waals surface area contributed by atoms with E-state index in [0.717, 1.165) is 19.3 Å². The van der Waals surface area contributed by atoms with Crippen LogP contribution in [0.2, 0.25) is 0 Å². The molecule has 2 nitrogen and oxygen atoms in total. The molecule has 1 aliphatic carbocycles. The molecular formula is C7H13O2S-. The first-order chi connectivity index (χ1) is 4.72. The Bertz CT molecular complexity index is 136. The molecule has 0 amide bonds. The molecule has 1 fully saturated rings. The van der Waals surface area contributed by atoms with Crippen molar-refractivity contribution in [2.45, 2.75) is 37.9 Å². The molecule has 0 N–H and O–H groups in total. The van der Waals surface area contributed by atoms with Crippen molar-refractivity contribution < 1.29 is 8.76 Å². The summed E-state index contributed by atoms with van der Waals surface area (Å²) in [6, 6.07) is 0. The van der Waals surface area contributed by atoms with E-state index < -0.39 is 11.1 Å². The highest BCUT2D eigenvalue weighted by molar-refractivity contribution is 7.79. The molecular weight excluding hydrogens is 148 g/mol. The van der Waals surface area contributed by atoms with Crippen molar-refractivity contribution in [3.05, 3.63) is 0 Å². The number of hydrogen-bond donors (Lipinski definition) is 0. The lowest BCUT2D eigenvalue weighted by Crippen LogP contribution is -2.26. The Balaban J connectivity index is 2.47. The van der Waals surface area contributed by atoms with E-state index in [2.05, 4.69) is 0 Å². The lowest BCUT2D eigenvalue weighted by Gasteiger charge is -2.30. The minimum Gasteiger partial charge on any atom is -0.772 e. The van der Waals surface area contributed by atoms with Gasteiger partial charge in [-0.05, 0) is 18.8 Å². The van der Waals surface area contributed by atoms with Crippen LogP contribution in [0.25, 0.3) is 0 Å². The molecule has 3 heteroatoms. The Labute approximate surface area is 64.3 Å². The van der Waals surface area contributed by atoms with Gasteiger partial charge in [0.1, 0.15) is 0 Å². The summed E-state index contributed by atoms with van der Waals surface area (Å²) in [6.07, 6.45) is 4.24. The van der Waals surface area contributed by atoms with E-state index in [1.165, 1.54) is 6.42 Å². The van der Waals surface area contributed by atoms with Crippen LogP contribution in [-0.4, -0.2) is 14.0 Å². The minimum absolute atomic E-state index is 0.0613. The second kappa shape index (κ2) is 3.49. The summed E-state index contributed by atoms with van der Waals surface area (Å²) in [5.41, 5.74) is 0. The van der Waals surface area contributed by atoms with Crippen molar-refractivity contribution in [2.75, 3.05) is 0 Å². The van der Waals surface area contributed by atoms with Gasteiger partial charge in [-0.2, -0.15) is 0 Å². The van der Waals surface area contributed by atoms with Gasteiger partial charge in [0.2, 0.25) is 0 Å². The molecule has 0 aromatic heterocycles. The van der Waals surface area contributed by atoms with Gasteiger partial charge in [-0.1, -0.05) is 30.8 Å². The molecule has 0 aromatic rings. The zero-order chi connectivity index (χ0) is 7.56. The third kappa shape index (κ3) is 1.80. The molecule has 0 heterocycles. The lowest BCUT2D eigenvalue weighted by atomic mass is 9.90. The van der Waals surface area contributed by atoms with Crippen LogP contribution < -0.4 is 0 Å². The maximum absolute atomic E-state index is 10.6. The molecule has 0 bridgehead atoms. The molecule has 60 valence electrons. The topological polar surface area (TPSA) is 40.1 Å². The number of hydrogen-bond acceptors (Lipinski definition) is 2. The van der Waals surface area contributed by atoms with Crippen molar-refractivity contribution in [3.63, 3.8) is 0 Å². The predicted octanol–water partition coefficient (Wildman–Crippen LogP) is 1.44. The Kier molecular flexibility index (Phi) is 2.86. The van der Waals surface area contributed by atoms with Crippen LogP contribution >= 0.6 is 0 Å². The first-order valence-electron chi connectivity index (χ1n) is 3.80. The van der Waals surface area contributed by atoms with Gasteiger partial charge >= 0.3 is 0 Å². The van der Waals surface area contributed by atoms with Gasteiger partial charge in [-0.25, -0.2) is 0 Å². The van der Waals surface area contributed by atoms with Crippen LogP contribution in [-0.2, 0) is 11.1 Å². The summed E-state index contributed by atoms with van der Waals surface area (Å²) >= 11 is -1.83. The highest BCUT2D eigenvalue weighted by Gasteiger charge is 2.21. The highest BCUT2D eigenvalue weighted by Crippen LogP contribution is 2.26. The fourth-order valence-corrected chi connectivity index (χ4v) is 2.44. The van der Waals surface area contributed by atoms with Gasteiger partial charge in [0.15, 0.2) is 0 Å². The second-order valence-electron chi connectivity index (χ2n) is 3.06. The maximum Gasteiger partial charge on any atom is 0.0241 e. The van der Waals surface area contributed by atoms with Gasteiger partial charge in [-0.15, -0.1) is 0 Å². The van der Waals surface area contributed by atoms with Gasteiger partial charge in [-0.3, -0.25) is 4.21 Å². The molecule has 1 aliphatic rings. The fourth-order valence-electron chi connectivity index (χ4n) is 1.57. The summed E-state index contributed by atoms with van der Waals surface area (Å²) in [5.74, 6) is 0.382. The summed E-state index contributed by atoms with van der Waals surface area (Å²) in [5, 5.41) is -0.0613. The molecule has 1 saturated carbocycles. The van der Waals surface area contributed by atoms with Gasteiger partial charge < -0.3 is 4.55 Å². The smallest absolute Gasteiger partial charge is 0.0241 e. The van der Waals surface area contributed by atoms with E-state index in [1.807, 2.05) is 6.92 Å². The van der Waals surface area contributed by atoms with Crippen LogP contribution in [0, 0.1) is 5.92 Å². The molecule has 1 rings (SSSR count). The zero-order valence-corrected chi connectivity index (χ0v) is 7.02. The van der Waals surface area contributed by atoms with Crippen LogP contribution in [0.3, 0.4) is 0 Å². The molecule has 3 unspecified atom stereocenters. The van der Waals surface area contributed by atoms with E-state index in [1.54, 1.807) is 0 Å². The maximum atomic E-state index is 10.6. The van der Waals surface area contributed by atoms with Crippen molar-refractivity contribution in [2.24, 2.45) is 5.92 Å². The Hall–Kier alpha value is 0.110. The largest absolute Gasteiger partial charge is 0.772 e. The van der Waals surface area contributed by atoms with Gasteiger partial charge in [0, 0.05) is 5.25 Å². The molecule has 10 heavy (non-hydrogen) atoms. The van der Waals surface area contributed by atoms with Gasteiger partial charge in [0.25, 0.3) is 0 Å². The van der Waals surface area contributed by atoms with E-state index >= 15 is 0 Å².